The van der Waals surface area contributed by atoms with E-state index in [1.807, 2.05) is 49.4 Å². The van der Waals surface area contributed by atoms with E-state index in [4.69, 9.17) is 10.5 Å². The van der Waals surface area contributed by atoms with E-state index < -0.39 is 5.54 Å². The van der Waals surface area contributed by atoms with Crippen LogP contribution in [0.1, 0.15) is 23.6 Å². The van der Waals surface area contributed by atoms with Crippen molar-refractivity contribution in [2.24, 2.45) is 5.73 Å². The van der Waals surface area contributed by atoms with Crippen LogP contribution in [-0.2, 0) is 16.9 Å². The van der Waals surface area contributed by atoms with E-state index in [0.717, 1.165) is 26.9 Å². The Labute approximate surface area is 151 Å². The maximum absolute atomic E-state index is 12.8. The average Bonchev–Trinajstić information content (AvgIpc) is 2.54. The Morgan fingerprint density at radius 1 is 1.25 bits per heavy atom. The Morgan fingerprint density at radius 3 is 2.42 bits per heavy atom. The van der Waals surface area contributed by atoms with Crippen molar-refractivity contribution in [2.75, 3.05) is 14.2 Å². The van der Waals surface area contributed by atoms with Crippen LogP contribution in [0.3, 0.4) is 0 Å². The van der Waals surface area contributed by atoms with Crippen LogP contribution < -0.4 is 10.5 Å². The van der Waals surface area contributed by atoms with Gasteiger partial charge in [-0.1, -0.05) is 40.2 Å². The molecule has 0 aromatic heterocycles. The van der Waals surface area contributed by atoms with Crippen molar-refractivity contribution in [3.63, 3.8) is 0 Å². The molecule has 0 fully saturated rings. The first-order valence-corrected chi connectivity index (χ1v) is 8.49. The lowest BCUT2D eigenvalue weighted by atomic mass is 9.91. The number of likely N-dealkylation sites (N-methyl/N-ethyl adjacent to an activating group) is 1. The number of halogens is 1. The minimum Gasteiger partial charge on any atom is -0.496 e. The third-order valence-corrected chi connectivity index (χ3v) is 4.64. The van der Waals surface area contributed by atoms with Gasteiger partial charge in [-0.25, -0.2) is 0 Å². The smallest absolute Gasteiger partial charge is 0.247 e. The molecule has 2 aromatic carbocycles. The lowest BCUT2D eigenvalue weighted by molar-refractivity contribution is -0.136. The number of rotatable bonds is 5. The highest BCUT2D eigenvalue weighted by Gasteiger charge is 2.33. The van der Waals surface area contributed by atoms with Gasteiger partial charge in [0.15, 0.2) is 0 Å². The molecule has 1 unspecified atom stereocenters. The van der Waals surface area contributed by atoms with Crippen LogP contribution in [-0.4, -0.2) is 25.0 Å². The van der Waals surface area contributed by atoms with Crippen molar-refractivity contribution in [3.8, 4) is 5.75 Å². The Hall–Kier alpha value is -1.85. The molecule has 0 saturated heterocycles. The quantitative estimate of drug-likeness (QED) is 0.848. The van der Waals surface area contributed by atoms with E-state index in [-0.39, 0.29) is 5.91 Å². The van der Waals surface area contributed by atoms with Gasteiger partial charge in [-0.15, -0.1) is 0 Å². The van der Waals surface area contributed by atoms with E-state index in [9.17, 15) is 4.79 Å². The summed E-state index contributed by atoms with van der Waals surface area (Å²) < 4.78 is 6.22. The first kappa shape index (κ1) is 18.5. The molecule has 2 N–H and O–H groups in total. The van der Waals surface area contributed by atoms with Gasteiger partial charge in [-0.05, 0) is 48.7 Å². The number of nitrogens with zero attached hydrogens (tertiary/aromatic N) is 1. The number of nitrogens with two attached hydrogens (primary N) is 1. The van der Waals surface area contributed by atoms with E-state index in [0.29, 0.717) is 6.54 Å². The molecular weight excluding hydrogens is 368 g/mol. The second-order valence-electron chi connectivity index (χ2n) is 6.17. The van der Waals surface area contributed by atoms with Crippen molar-refractivity contribution in [2.45, 2.75) is 25.9 Å². The predicted octanol–water partition coefficient (Wildman–Crippen LogP) is 3.60. The van der Waals surface area contributed by atoms with Crippen LogP contribution in [0.5, 0.6) is 5.75 Å². The highest BCUT2D eigenvalue weighted by molar-refractivity contribution is 9.10. The number of amides is 1. The fourth-order valence-corrected chi connectivity index (χ4v) is 2.96. The molecular formula is C19H23BrN2O2. The van der Waals surface area contributed by atoms with Gasteiger partial charge in [-0.3, -0.25) is 4.79 Å². The number of methoxy groups -OCH3 is 1. The highest BCUT2D eigenvalue weighted by Crippen LogP contribution is 2.24. The SMILES string of the molecule is COc1ccc(CN(C)C(=O)C(C)(N)c2ccc(Br)cc2)cc1C. The minimum atomic E-state index is -1.07. The number of benzene rings is 2. The van der Waals surface area contributed by atoms with Crippen LogP contribution in [0, 0.1) is 6.92 Å². The number of carbonyl (C=O) groups excluding carboxylic acids is 1. The topological polar surface area (TPSA) is 55.6 Å². The molecule has 2 rings (SSSR count). The van der Waals surface area contributed by atoms with Crippen LogP contribution in [0.25, 0.3) is 0 Å². The summed E-state index contributed by atoms with van der Waals surface area (Å²) >= 11 is 3.39. The normalized spacial score (nSPS) is 13.2. The standard InChI is InChI=1S/C19H23BrN2O2/c1-13-11-14(5-10-17(13)24-4)12-22(3)18(23)19(2,21)15-6-8-16(20)9-7-15/h5-11H,12,21H2,1-4H3. The lowest BCUT2D eigenvalue weighted by Crippen LogP contribution is -2.49. The molecule has 0 aliphatic carbocycles. The molecule has 0 heterocycles. The van der Waals surface area contributed by atoms with Gasteiger partial charge in [-0.2, -0.15) is 0 Å². The zero-order valence-electron chi connectivity index (χ0n) is 14.5. The van der Waals surface area contributed by atoms with Gasteiger partial charge in [0.25, 0.3) is 0 Å². The molecule has 0 saturated carbocycles. The third kappa shape index (κ3) is 3.97. The molecule has 0 radical (unpaired) electrons. The van der Waals surface area contributed by atoms with Gasteiger partial charge in [0.2, 0.25) is 5.91 Å². The maximum Gasteiger partial charge on any atom is 0.247 e. The summed E-state index contributed by atoms with van der Waals surface area (Å²) in [7, 11) is 3.42. The van der Waals surface area contributed by atoms with Gasteiger partial charge >= 0.3 is 0 Å². The van der Waals surface area contributed by atoms with Crippen LogP contribution in [0.15, 0.2) is 46.9 Å². The van der Waals surface area contributed by atoms with Gasteiger partial charge in [0.1, 0.15) is 11.3 Å². The molecule has 2 aromatic rings. The third-order valence-electron chi connectivity index (χ3n) is 4.11. The van der Waals surface area contributed by atoms with Crippen LogP contribution in [0.4, 0.5) is 0 Å². The van der Waals surface area contributed by atoms with Crippen molar-refractivity contribution >= 4 is 21.8 Å². The Morgan fingerprint density at radius 2 is 1.88 bits per heavy atom. The number of aryl methyl sites for hydroxylation is 1. The second-order valence-corrected chi connectivity index (χ2v) is 7.09. The Bertz CT molecular complexity index is 727. The Kier molecular flexibility index (Phi) is 5.67. The molecule has 5 heteroatoms. The summed E-state index contributed by atoms with van der Waals surface area (Å²) in [6.07, 6.45) is 0. The molecule has 0 bridgehead atoms. The summed E-state index contributed by atoms with van der Waals surface area (Å²) in [6.45, 7) is 4.22. The van der Waals surface area contributed by atoms with E-state index in [2.05, 4.69) is 15.9 Å². The summed E-state index contributed by atoms with van der Waals surface area (Å²) in [5.74, 6) is 0.713. The average molecular weight is 391 g/mol. The number of ether oxygens (including phenoxy) is 1. The molecule has 0 aliphatic heterocycles. The summed E-state index contributed by atoms with van der Waals surface area (Å²) in [5.41, 5.74) is 8.13. The molecule has 4 nitrogen and oxygen atoms in total. The van der Waals surface area contributed by atoms with E-state index >= 15 is 0 Å². The Balaban J connectivity index is 2.16. The largest absolute Gasteiger partial charge is 0.496 e. The molecule has 24 heavy (non-hydrogen) atoms. The number of hydrogen-bond acceptors (Lipinski definition) is 3. The molecule has 1 amide bonds. The number of hydrogen-bond donors (Lipinski definition) is 1. The second kappa shape index (κ2) is 7.36. The predicted molar refractivity (Wildman–Crippen MR) is 99.9 cm³/mol. The first-order chi connectivity index (χ1) is 11.3. The molecule has 0 spiro atoms. The van der Waals surface area contributed by atoms with Gasteiger partial charge in [0.05, 0.1) is 7.11 Å². The molecule has 1 atom stereocenters. The number of carbonyl (C=O) groups is 1. The van der Waals surface area contributed by atoms with Crippen LogP contribution in [0.2, 0.25) is 0 Å². The summed E-state index contributed by atoms with van der Waals surface area (Å²) in [6, 6.07) is 13.4. The van der Waals surface area contributed by atoms with Crippen LogP contribution >= 0.6 is 15.9 Å². The fraction of sp³-hybridized carbons (Fsp3) is 0.316. The summed E-state index contributed by atoms with van der Waals surface area (Å²) in [4.78, 5) is 14.5. The monoisotopic (exact) mass is 390 g/mol. The zero-order chi connectivity index (χ0) is 17.9. The fourth-order valence-electron chi connectivity index (χ4n) is 2.70. The van der Waals surface area contributed by atoms with Gasteiger partial charge in [0, 0.05) is 18.1 Å². The lowest BCUT2D eigenvalue weighted by Gasteiger charge is -2.30. The van der Waals surface area contributed by atoms with Crippen molar-refractivity contribution in [1.82, 2.24) is 4.90 Å². The van der Waals surface area contributed by atoms with Crippen molar-refractivity contribution in [1.29, 1.82) is 0 Å². The minimum absolute atomic E-state index is 0.127. The summed E-state index contributed by atoms with van der Waals surface area (Å²) in [5, 5.41) is 0. The van der Waals surface area contributed by atoms with Crippen molar-refractivity contribution in [3.05, 3.63) is 63.6 Å². The van der Waals surface area contributed by atoms with E-state index in [1.165, 1.54) is 0 Å². The molecule has 0 aliphatic rings. The first-order valence-electron chi connectivity index (χ1n) is 7.69. The highest BCUT2D eigenvalue weighted by atomic mass is 79.9. The van der Waals surface area contributed by atoms with Gasteiger partial charge < -0.3 is 15.4 Å². The van der Waals surface area contributed by atoms with E-state index in [1.54, 1.807) is 26.0 Å². The molecule has 128 valence electrons. The van der Waals surface area contributed by atoms with Crippen molar-refractivity contribution < 1.29 is 9.53 Å². The maximum atomic E-state index is 12.8. The zero-order valence-corrected chi connectivity index (χ0v) is 16.1.